The first-order valence-corrected chi connectivity index (χ1v) is 17.4. The molecule has 5 aromatic carbocycles. The van der Waals surface area contributed by atoms with Gasteiger partial charge in [0.25, 0.3) is 11.8 Å². The number of halogens is 1. The maximum Gasteiger partial charge on any atom is 0.272 e. The number of benzene rings is 5. The van der Waals surface area contributed by atoms with Crippen molar-refractivity contribution in [2.75, 3.05) is 10.6 Å². The molecule has 0 radical (unpaired) electrons. The number of carbonyl (C=O) groups excluding carboxylic acids is 3. The number of carbonyl (C=O) groups is 3. The van der Waals surface area contributed by atoms with Crippen molar-refractivity contribution in [3.8, 4) is 11.3 Å². The zero-order chi connectivity index (χ0) is 34.9. The van der Waals surface area contributed by atoms with E-state index >= 15 is 0 Å². The van der Waals surface area contributed by atoms with Gasteiger partial charge in [-0.2, -0.15) is 0 Å². The molecule has 3 N–H and O–H groups in total. The highest BCUT2D eigenvalue weighted by atomic mass is 32.2. The van der Waals surface area contributed by atoms with Crippen LogP contribution in [0.5, 0.6) is 0 Å². The zero-order valence-corrected chi connectivity index (χ0v) is 28.4. The number of thioether (sulfide) groups is 1. The second kappa shape index (κ2) is 16.0. The minimum atomic E-state index is -0.605. The summed E-state index contributed by atoms with van der Waals surface area (Å²) in [6.07, 6.45) is 1.64. The second-order valence-corrected chi connectivity index (χ2v) is 13.3. The van der Waals surface area contributed by atoms with E-state index in [0.717, 1.165) is 27.1 Å². The van der Waals surface area contributed by atoms with Gasteiger partial charge in [-0.15, -0.1) is 23.1 Å². The van der Waals surface area contributed by atoms with Crippen LogP contribution in [0.15, 0.2) is 149 Å². The van der Waals surface area contributed by atoms with Crippen LogP contribution in [0.4, 0.5) is 15.2 Å². The summed E-state index contributed by atoms with van der Waals surface area (Å²) in [6.45, 7) is 1.95. The van der Waals surface area contributed by atoms with Gasteiger partial charge in [0.05, 0.1) is 5.69 Å². The molecule has 6 aromatic rings. The van der Waals surface area contributed by atoms with E-state index in [0.29, 0.717) is 22.1 Å². The summed E-state index contributed by atoms with van der Waals surface area (Å²) < 4.78 is 13.4. The van der Waals surface area contributed by atoms with Crippen LogP contribution in [0, 0.1) is 12.7 Å². The molecule has 0 fully saturated rings. The SMILES string of the molecule is Cc1cccc(/C=C(\NC(=O)c2ccccc2)C(=O)Nc2ccc(SC(C(=O)Nc3nc(-c4ccc(F)cc4)cs3)c3ccccc3)cc2)c1. The van der Waals surface area contributed by atoms with Gasteiger partial charge < -0.3 is 16.0 Å². The lowest BCUT2D eigenvalue weighted by atomic mass is 10.1. The van der Waals surface area contributed by atoms with E-state index in [1.807, 2.05) is 85.1 Å². The van der Waals surface area contributed by atoms with Gasteiger partial charge in [0.2, 0.25) is 5.91 Å². The van der Waals surface area contributed by atoms with Crippen molar-refractivity contribution in [1.29, 1.82) is 0 Å². The van der Waals surface area contributed by atoms with Gasteiger partial charge in [-0.1, -0.05) is 78.4 Å². The molecule has 0 aliphatic rings. The molecular formula is C40H31FN4O3S2. The molecule has 7 nitrogen and oxygen atoms in total. The van der Waals surface area contributed by atoms with Crippen LogP contribution in [-0.2, 0) is 9.59 Å². The minimum Gasteiger partial charge on any atom is -0.321 e. The number of aryl methyl sites for hydroxylation is 1. The summed E-state index contributed by atoms with van der Waals surface area (Å²) in [5, 5.41) is 10.2. The van der Waals surface area contributed by atoms with Crippen LogP contribution < -0.4 is 16.0 Å². The Balaban J connectivity index is 1.17. The average Bonchev–Trinajstić information content (AvgIpc) is 3.60. The molecule has 10 heteroatoms. The molecule has 0 aliphatic carbocycles. The molecule has 0 aliphatic heterocycles. The highest BCUT2D eigenvalue weighted by Crippen LogP contribution is 2.37. The van der Waals surface area contributed by atoms with Crippen molar-refractivity contribution in [3.05, 3.63) is 173 Å². The van der Waals surface area contributed by atoms with Crippen LogP contribution in [0.25, 0.3) is 17.3 Å². The lowest BCUT2D eigenvalue weighted by Crippen LogP contribution is -2.30. The first kappa shape index (κ1) is 34.0. The summed E-state index contributed by atoms with van der Waals surface area (Å²) in [5.74, 6) is -1.47. The van der Waals surface area contributed by atoms with Crippen molar-refractivity contribution in [1.82, 2.24) is 10.3 Å². The highest BCUT2D eigenvalue weighted by Gasteiger charge is 2.23. The quantitative estimate of drug-likeness (QED) is 0.0926. The smallest absolute Gasteiger partial charge is 0.272 e. The van der Waals surface area contributed by atoms with E-state index in [2.05, 4.69) is 20.9 Å². The van der Waals surface area contributed by atoms with E-state index in [4.69, 9.17) is 0 Å². The van der Waals surface area contributed by atoms with E-state index in [-0.39, 0.29) is 17.4 Å². The Bertz CT molecular complexity index is 2140. The van der Waals surface area contributed by atoms with Gasteiger partial charge in [-0.25, -0.2) is 9.37 Å². The number of anilines is 2. The zero-order valence-electron chi connectivity index (χ0n) is 26.8. The summed E-state index contributed by atoms with van der Waals surface area (Å²) in [6, 6.07) is 38.9. The Morgan fingerprint density at radius 3 is 2.20 bits per heavy atom. The van der Waals surface area contributed by atoms with E-state index in [1.165, 1.54) is 35.2 Å². The Labute approximate surface area is 297 Å². The maximum atomic E-state index is 13.6. The molecule has 0 spiro atoms. The van der Waals surface area contributed by atoms with E-state index in [1.54, 1.807) is 54.6 Å². The predicted molar refractivity (Wildman–Crippen MR) is 199 cm³/mol. The molecule has 50 heavy (non-hydrogen) atoms. The van der Waals surface area contributed by atoms with Crippen molar-refractivity contribution in [3.63, 3.8) is 0 Å². The second-order valence-electron chi connectivity index (χ2n) is 11.2. The van der Waals surface area contributed by atoms with Gasteiger partial charge in [0.1, 0.15) is 16.8 Å². The van der Waals surface area contributed by atoms with Crippen LogP contribution >= 0.6 is 23.1 Å². The van der Waals surface area contributed by atoms with Crippen LogP contribution in [-0.4, -0.2) is 22.7 Å². The number of nitrogens with one attached hydrogen (secondary N) is 3. The molecule has 0 saturated heterocycles. The Kier molecular flexibility index (Phi) is 10.9. The lowest BCUT2D eigenvalue weighted by Gasteiger charge is -2.17. The maximum absolute atomic E-state index is 13.6. The largest absolute Gasteiger partial charge is 0.321 e. The van der Waals surface area contributed by atoms with Crippen LogP contribution in [0.3, 0.4) is 0 Å². The number of amides is 3. The third-order valence-electron chi connectivity index (χ3n) is 7.46. The first-order chi connectivity index (χ1) is 24.3. The van der Waals surface area contributed by atoms with Gasteiger partial charge in [-0.05, 0) is 84.8 Å². The Morgan fingerprint density at radius 2 is 1.50 bits per heavy atom. The molecule has 1 heterocycles. The van der Waals surface area contributed by atoms with Crippen LogP contribution in [0.2, 0.25) is 0 Å². The van der Waals surface area contributed by atoms with Gasteiger partial charge >= 0.3 is 0 Å². The van der Waals surface area contributed by atoms with Gasteiger partial charge in [0, 0.05) is 27.1 Å². The summed E-state index contributed by atoms with van der Waals surface area (Å²) in [5.41, 5.74) is 5.02. The molecule has 6 rings (SSSR count). The summed E-state index contributed by atoms with van der Waals surface area (Å²) in [7, 11) is 0. The number of hydrogen-bond acceptors (Lipinski definition) is 6. The summed E-state index contributed by atoms with van der Waals surface area (Å²) in [4.78, 5) is 45.5. The van der Waals surface area contributed by atoms with E-state index < -0.39 is 17.1 Å². The third-order valence-corrected chi connectivity index (χ3v) is 9.49. The number of nitrogens with zero attached hydrogens (tertiary/aromatic N) is 1. The molecule has 1 aromatic heterocycles. The number of rotatable bonds is 11. The molecule has 0 bridgehead atoms. The minimum absolute atomic E-state index is 0.0912. The van der Waals surface area contributed by atoms with Gasteiger partial charge in [0.15, 0.2) is 5.13 Å². The van der Waals surface area contributed by atoms with Gasteiger partial charge in [-0.3, -0.25) is 14.4 Å². The van der Waals surface area contributed by atoms with Crippen molar-refractivity contribution < 1.29 is 18.8 Å². The fourth-order valence-electron chi connectivity index (χ4n) is 4.98. The first-order valence-electron chi connectivity index (χ1n) is 15.6. The normalized spacial score (nSPS) is 11.8. The number of aromatic nitrogens is 1. The molecule has 1 atom stereocenters. The fourth-order valence-corrected chi connectivity index (χ4v) is 6.72. The van der Waals surface area contributed by atoms with Crippen molar-refractivity contribution >= 4 is 57.7 Å². The summed E-state index contributed by atoms with van der Waals surface area (Å²) >= 11 is 2.65. The highest BCUT2D eigenvalue weighted by molar-refractivity contribution is 8.00. The number of thiazole rings is 1. The third kappa shape index (κ3) is 8.98. The average molecular weight is 699 g/mol. The molecular weight excluding hydrogens is 668 g/mol. The fraction of sp³-hybridized carbons (Fsp3) is 0.0500. The molecule has 0 saturated carbocycles. The topological polar surface area (TPSA) is 100 Å². The molecule has 248 valence electrons. The van der Waals surface area contributed by atoms with E-state index in [9.17, 15) is 18.8 Å². The monoisotopic (exact) mass is 698 g/mol. The van der Waals surface area contributed by atoms with Crippen molar-refractivity contribution in [2.24, 2.45) is 0 Å². The molecule has 3 amide bonds. The van der Waals surface area contributed by atoms with Crippen LogP contribution in [0.1, 0.15) is 32.3 Å². The lowest BCUT2D eigenvalue weighted by molar-refractivity contribution is -0.116. The molecule has 1 unspecified atom stereocenters. The number of hydrogen-bond donors (Lipinski definition) is 3. The Hall–Kier alpha value is -5.84. The standard InChI is InChI=1S/C40H31FN4O3S2/c1-26-9-8-10-27(23-26)24-34(43-37(46)30-13-6-3-7-14-30)38(47)42-32-19-21-33(22-20-32)50-36(29-11-4-2-5-12-29)39(48)45-40-44-35(25-49-40)28-15-17-31(41)18-16-28/h2-25,36H,1H3,(H,42,47)(H,43,46)(H,44,45,48)/b34-24-. The predicted octanol–water partition coefficient (Wildman–Crippen LogP) is 9.14. The van der Waals surface area contributed by atoms with Crippen molar-refractivity contribution in [2.45, 2.75) is 17.1 Å². The Morgan fingerprint density at radius 1 is 0.800 bits per heavy atom.